The molecule has 1 heterocycles. The zero-order chi connectivity index (χ0) is 13.0. The van der Waals surface area contributed by atoms with E-state index < -0.39 is 0 Å². The van der Waals surface area contributed by atoms with E-state index in [9.17, 15) is 0 Å². The Balaban J connectivity index is 1.97. The predicted molar refractivity (Wildman–Crippen MR) is 79.9 cm³/mol. The first-order valence-corrected chi connectivity index (χ1v) is 8.05. The SMILES string of the molecule is CC(N)C(c1cccs1)N(C)CC1CCCCC1. The van der Waals surface area contributed by atoms with Crippen molar-refractivity contribution in [3.8, 4) is 0 Å². The first-order valence-electron chi connectivity index (χ1n) is 7.17. The van der Waals surface area contributed by atoms with Crippen molar-refractivity contribution in [2.45, 2.75) is 51.1 Å². The van der Waals surface area contributed by atoms with Gasteiger partial charge >= 0.3 is 0 Å². The summed E-state index contributed by atoms with van der Waals surface area (Å²) < 4.78 is 0. The zero-order valence-corrected chi connectivity index (χ0v) is 12.5. The first-order chi connectivity index (χ1) is 8.68. The van der Waals surface area contributed by atoms with Gasteiger partial charge in [0.2, 0.25) is 0 Å². The van der Waals surface area contributed by atoms with Gasteiger partial charge in [0.25, 0.3) is 0 Å². The van der Waals surface area contributed by atoms with Gasteiger partial charge < -0.3 is 5.73 Å². The monoisotopic (exact) mass is 266 g/mol. The molecule has 1 aromatic rings. The maximum Gasteiger partial charge on any atom is 0.0588 e. The normalized spacial score (nSPS) is 21.1. The largest absolute Gasteiger partial charge is 0.326 e. The van der Waals surface area contributed by atoms with Gasteiger partial charge in [0.15, 0.2) is 0 Å². The van der Waals surface area contributed by atoms with Crippen LogP contribution >= 0.6 is 11.3 Å². The van der Waals surface area contributed by atoms with Crippen LogP contribution in [0.4, 0.5) is 0 Å². The van der Waals surface area contributed by atoms with E-state index in [1.54, 1.807) is 0 Å². The lowest BCUT2D eigenvalue weighted by molar-refractivity contribution is 0.169. The molecule has 1 fully saturated rings. The molecule has 2 atom stereocenters. The zero-order valence-electron chi connectivity index (χ0n) is 11.6. The third-order valence-corrected chi connectivity index (χ3v) is 5.02. The summed E-state index contributed by atoms with van der Waals surface area (Å²) in [7, 11) is 2.24. The van der Waals surface area contributed by atoms with Crippen LogP contribution in [0.5, 0.6) is 0 Å². The van der Waals surface area contributed by atoms with E-state index in [0.717, 1.165) is 5.92 Å². The van der Waals surface area contributed by atoms with Crippen LogP contribution in [0.1, 0.15) is 49.9 Å². The average Bonchev–Trinajstić information content (AvgIpc) is 2.83. The van der Waals surface area contributed by atoms with Crippen molar-refractivity contribution in [3.05, 3.63) is 22.4 Å². The van der Waals surface area contributed by atoms with E-state index in [-0.39, 0.29) is 6.04 Å². The lowest BCUT2D eigenvalue weighted by atomic mass is 9.88. The van der Waals surface area contributed by atoms with E-state index >= 15 is 0 Å². The Hall–Kier alpha value is -0.380. The molecule has 0 aliphatic heterocycles. The van der Waals surface area contributed by atoms with Crippen molar-refractivity contribution < 1.29 is 0 Å². The Morgan fingerprint density at radius 3 is 2.67 bits per heavy atom. The van der Waals surface area contributed by atoms with Crippen LogP contribution < -0.4 is 5.73 Å². The molecule has 18 heavy (non-hydrogen) atoms. The van der Waals surface area contributed by atoms with Crippen LogP contribution in [0.2, 0.25) is 0 Å². The number of hydrogen-bond donors (Lipinski definition) is 1. The summed E-state index contributed by atoms with van der Waals surface area (Å²) in [6, 6.07) is 4.92. The van der Waals surface area contributed by atoms with Gasteiger partial charge in [-0.15, -0.1) is 11.3 Å². The molecule has 102 valence electrons. The molecule has 0 aromatic carbocycles. The molecule has 0 amide bonds. The fourth-order valence-electron chi connectivity index (χ4n) is 3.23. The molecule has 2 unspecified atom stereocenters. The third kappa shape index (κ3) is 3.56. The lowest BCUT2D eigenvalue weighted by Crippen LogP contribution is -2.39. The van der Waals surface area contributed by atoms with Gasteiger partial charge in [-0.1, -0.05) is 25.3 Å². The predicted octanol–water partition coefficient (Wildman–Crippen LogP) is 3.65. The van der Waals surface area contributed by atoms with Crippen LogP contribution in [0.15, 0.2) is 17.5 Å². The molecule has 3 heteroatoms. The van der Waals surface area contributed by atoms with Crippen LogP contribution in [-0.4, -0.2) is 24.5 Å². The van der Waals surface area contributed by atoms with Crippen molar-refractivity contribution in [2.75, 3.05) is 13.6 Å². The van der Waals surface area contributed by atoms with Gasteiger partial charge in [-0.05, 0) is 44.2 Å². The standard InChI is InChI=1S/C15H26N2S/c1-12(16)15(14-9-6-10-18-14)17(2)11-13-7-4-3-5-8-13/h6,9-10,12-13,15H,3-5,7-8,11,16H2,1-2H3. The number of hydrogen-bond acceptors (Lipinski definition) is 3. The van der Waals surface area contributed by atoms with Crippen LogP contribution in [0, 0.1) is 5.92 Å². The Kier molecular flexibility index (Phi) is 5.22. The quantitative estimate of drug-likeness (QED) is 0.881. The van der Waals surface area contributed by atoms with Crippen molar-refractivity contribution in [2.24, 2.45) is 11.7 Å². The van der Waals surface area contributed by atoms with Crippen molar-refractivity contribution >= 4 is 11.3 Å². The Labute approximate surface area is 115 Å². The van der Waals surface area contributed by atoms with E-state index in [4.69, 9.17) is 5.73 Å². The summed E-state index contributed by atoms with van der Waals surface area (Å²) in [5.41, 5.74) is 6.20. The highest BCUT2D eigenvalue weighted by Gasteiger charge is 2.25. The molecular formula is C15H26N2S. The smallest absolute Gasteiger partial charge is 0.0588 e. The minimum Gasteiger partial charge on any atom is -0.326 e. The van der Waals surface area contributed by atoms with Gasteiger partial charge in [-0.25, -0.2) is 0 Å². The van der Waals surface area contributed by atoms with Crippen molar-refractivity contribution in [3.63, 3.8) is 0 Å². The highest BCUT2D eigenvalue weighted by Crippen LogP contribution is 2.30. The van der Waals surface area contributed by atoms with Crippen LogP contribution in [0.25, 0.3) is 0 Å². The van der Waals surface area contributed by atoms with Gasteiger partial charge in [-0.3, -0.25) is 4.90 Å². The minimum absolute atomic E-state index is 0.192. The second-order valence-corrected chi connectivity index (χ2v) is 6.74. The van der Waals surface area contributed by atoms with Gasteiger partial charge in [0.1, 0.15) is 0 Å². The third-order valence-electron chi connectivity index (χ3n) is 4.08. The van der Waals surface area contributed by atoms with E-state index in [2.05, 4.69) is 36.4 Å². The molecule has 1 saturated carbocycles. The van der Waals surface area contributed by atoms with Crippen LogP contribution in [0.3, 0.4) is 0 Å². The summed E-state index contributed by atoms with van der Waals surface area (Å²) in [4.78, 5) is 3.88. The number of nitrogens with zero attached hydrogens (tertiary/aromatic N) is 1. The molecule has 2 N–H and O–H groups in total. The lowest BCUT2D eigenvalue weighted by Gasteiger charge is -2.34. The summed E-state index contributed by atoms with van der Waals surface area (Å²) >= 11 is 1.83. The number of rotatable bonds is 5. The number of likely N-dealkylation sites (N-methyl/N-ethyl adjacent to an activating group) is 1. The molecule has 0 bridgehead atoms. The maximum absolute atomic E-state index is 6.20. The Morgan fingerprint density at radius 1 is 1.39 bits per heavy atom. The van der Waals surface area contributed by atoms with E-state index in [1.165, 1.54) is 43.5 Å². The van der Waals surface area contributed by atoms with Gasteiger partial charge in [-0.2, -0.15) is 0 Å². The van der Waals surface area contributed by atoms with Crippen molar-refractivity contribution in [1.29, 1.82) is 0 Å². The van der Waals surface area contributed by atoms with Crippen LogP contribution in [-0.2, 0) is 0 Å². The summed E-state index contributed by atoms with van der Waals surface area (Å²) in [6.45, 7) is 3.33. The molecular weight excluding hydrogens is 240 g/mol. The molecule has 2 nitrogen and oxygen atoms in total. The second-order valence-electron chi connectivity index (χ2n) is 5.76. The summed E-state index contributed by atoms with van der Waals surface area (Å²) in [5.74, 6) is 0.880. The van der Waals surface area contributed by atoms with Crippen molar-refractivity contribution in [1.82, 2.24) is 4.90 Å². The fraction of sp³-hybridized carbons (Fsp3) is 0.733. The highest BCUT2D eigenvalue weighted by atomic mass is 32.1. The minimum atomic E-state index is 0.192. The topological polar surface area (TPSA) is 29.3 Å². The molecule has 2 rings (SSSR count). The maximum atomic E-state index is 6.20. The number of nitrogens with two attached hydrogens (primary N) is 1. The molecule has 0 radical (unpaired) electrons. The van der Waals surface area contributed by atoms with Gasteiger partial charge in [0.05, 0.1) is 6.04 Å². The van der Waals surface area contributed by atoms with Gasteiger partial charge in [0, 0.05) is 17.5 Å². The second kappa shape index (κ2) is 6.69. The average molecular weight is 266 g/mol. The summed E-state index contributed by atoms with van der Waals surface area (Å²) in [5, 5.41) is 2.15. The fourth-order valence-corrected chi connectivity index (χ4v) is 4.23. The number of thiophene rings is 1. The molecule has 0 saturated heterocycles. The Morgan fingerprint density at radius 2 is 2.11 bits per heavy atom. The first kappa shape index (κ1) is 14.0. The molecule has 0 spiro atoms. The van der Waals surface area contributed by atoms with E-state index in [1.807, 2.05) is 11.3 Å². The molecule has 1 aliphatic rings. The molecule has 1 aliphatic carbocycles. The summed E-state index contributed by atoms with van der Waals surface area (Å²) in [6.07, 6.45) is 7.07. The Bertz CT molecular complexity index is 328. The highest BCUT2D eigenvalue weighted by molar-refractivity contribution is 7.10. The molecule has 1 aromatic heterocycles. The van der Waals surface area contributed by atoms with E-state index in [0.29, 0.717) is 6.04 Å².